The summed E-state index contributed by atoms with van der Waals surface area (Å²) in [6.07, 6.45) is 3.27. The molecule has 0 aliphatic heterocycles. The predicted octanol–water partition coefficient (Wildman–Crippen LogP) is 3.29. The van der Waals surface area contributed by atoms with Crippen LogP contribution in [-0.2, 0) is 19.1 Å². The minimum absolute atomic E-state index is 0.165. The highest BCUT2D eigenvalue weighted by Crippen LogP contribution is 2.46. The first-order valence-corrected chi connectivity index (χ1v) is 8.40. The van der Waals surface area contributed by atoms with Gasteiger partial charge < -0.3 is 14.8 Å². The fraction of sp³-hybridized carbons (Fsp3) is 0.421. The van der Waals surface area contributed by atoms with Gasteiger partial charge in [-0.25, -0.2) is 4.79 Å². The second-order valence-electron chi connectivity index (χ2n) is 5.83. The molecule has 0 saturated heterocycles. The number of nitrogens with one attached hydrogen (secondary N) is 1. The summed E-state index contributed by atoms with van der Waals surface area (Å²) < 4.78 is 10.1. The molecule has 2 atom stereocenters. The van der Waals surface area contributed by atoms with Crippen molar-refractivity contribution in [2.24, 2.45) is 5.41 Å². The number of hydrogen-bond acceptors (Lipinski definition) is 5. The first-order chi connectivity index (χ1) is 12.1. The molecule has 134 valence electrons. The zero-order valence-electron chi connectivity index (χ0n) is 14.5. The van der Waals surface area contributed by atoms with E-state index in [1.165, 1.54) is 6.26 Å². The number of ketones is 1. The summed E-state index contributed by atoms with van der Waals surface area (Å²) in [4.78, 5) is 37.6. The second kappa shape index (κ2) is 8.46. The Balaban J connectivity index is 2.45. The first kappa shape index (κ1) is 18.7. The van der Waals surface area contributed by atoms with E-state index in [2.05, 4.69) is 5.32 Å². The van der Waals surface area contributed by atoms with Crippen molar-refractivity contribution in [3.05, 3.63) is 48.2 Å². The van der Waals surface area contributed by atoms with Gasteiger partial charge in [-0.2, -0.15) is 0 Å². The molecule has 2 rings (SSSR count). The lowest BCUT2D eigenvalue weighted by atomic mass is 9.74. The predicted molar refractivity (Wildman–Crippen MR) is 91.5 cm³/mol. The number of ether oxygens (including phenoxy) is 2. The van der Waals surface area contributed by atoms with Crippen molar-refractivity contribution in [3.63, 3.8) is 0 Å². The topological polar surface area (TPSA) is 81.7 Å². The molecule has 1 N–H and O–H groups in total. The summed E-state index contributed by atoms with van der Waals surface area (Å²) in [5.74, 6) is -0.816. The van der Waals surface area contributed by atoms with Crippen LogP contribution in [0, 0.1) is 5.41 Å². The Kier molecular flexibility index (Phi) is 6.33. The first-order valence-electron chi connectivity index (χ1n) is 8.40. The van der Waals surface area contributed by atoms with Gasteiger partial charge in [-0.15, -0.1) is 0 Å². The summed E-state index contributed by atoms with van der Waals surface area (Å²) in [7, 11) is 0. The zero-order valence-corrected chi connectivity index (χ0v) is 14.5. The molecule has 1 amide bonds. The van der Waals surface area contributed by atoms with Gasteiger partial charge in [0, 0.05) is 6.42 Å². The molecule has 1 aromatic rings. The van der Waals surface area contributed by atoms with Gasteiger partial charge in [-0.05, 0) is 32.3 Å². The smallest absolute Gasteiger partial charge is 0.412 e. The van der Waals surface area contributed by atoms with E-state index in [4.69, 9.17) is 9.47 Å². The minimum atomic E-state index is -1.42. The van der Waals surface area contributed by atoms with Crippen molar-refractivity contribution in [2.45, 2.75) is 39.2 Å². The van der Waals surface area contributed by atoms with Gasteiger partial charge in [-0.1, -0.05) is 36.4 Å². The SMILES string of the molecule is C/C=C/OC(=O)N[C@@H](c1ccccc1)[C@]1(C(=O)OCC)CCCC1=O. The van der Waals surface area contributed by atoms with Crippen molar-refractivity contribution in [2.75, 3.05) is 6.61 Å². The molecule has 1 saturated carbocycles. The van der Waals surface area contributed by atoms with Crippen LogP contribution in [0.1, 0.15) is 44.7 Å². The van der Waals surface area contributed by atoms with E-state index in [-0.39, 0.29) is 18.8 Å². The Labute approximate surface area is 147 Å². The third kappa shape index (κ3) is 3.90. The van der Waals surface area contributed by atoms with E-state index in [1.54, 1.807) is 44.2 Å². The quantitative estimate of drug-likeness (QED) is 0.486. The number of rotatable bonds is 6. The molecule has 6 nitrogen and oxygen atoms in total. The lowest BCUT2D eigenvalue weighted by Crippen LogP contribution is -2.49. The molecule has 1 aliphatic carbocycles. The second-order valence-corrected chi connectivity index (χ2v) is 5.83. The van der Waals surface area contributed by atoms with E-state index in [9.17, 15) is 14.4 Å². The Morgan fingerprint density at radius 2 is 2.04 bits per heavy atom. The van der Waals surface area contributed by atoms with Crippen LogP contribution >= 0.6 is 0 Å². The van der Waals surface area contributed by atoms with Crippen LogP contribution < -0.4 is 5.32 Å². The third-order valence-corrected chi connectivity index (χ3v) is 4.31. The molecule has 1 fully saturated rings. The highest BCUT2D eigenvalue weighted by Gasteiger charge is 2.56. The van der Waals surface area contributed by atoms with Crippen molar-refractivity contribution in [3.8, 4) is 0 Å². The van der Waals surface area contributed by atoms with Gasteiger partial charge in [0.2, 0.25) is 0 Å². The van der Waals surface area contributed by atoms with Crippen LogP contribution in [0.25, 0.3) is 0 Å². The lowest BCUT2D eigenvalue weighted by molar-refractivity contribution is -0.161. The average molecular weight is 345 g/mol. The van der Waals surface area contributed by atoms with E-state index in [1.807, 2.05) is 6.07 Å². The number of carbonyl (C=O) groups excluding carboxylic acids is 3. The van der Waals surface area contributed by atoms with Crippen molar-refractivity contribution >= 4 is 17.8 Å². The average Bonchev–Trinajstić information content (AvgIpc) is 3.01. The molecule has 25 heavy (non-hydrogen) atoms. The minimum Gasteiger partial charge on any atom is -0.465 e. The summed E-state index contributed by atoms with van der Waals surface area (Å²) in [5, 5.41) is 2.69. The van der Waals surface area contributed by atoms with Crippen molar-refractivity contribution in [1.82, 2.24) is 5.32 Å². The summed E-state index contributed by atoms with van der Waals surface area (Å²) in [6.45, 7) is 3.57. The molecule has 1 aromatic carbocycles. The molecule has 0 heterocycles. The van der Waals surface area contributed by atoms with Gasteiger partial charge in [0.25, 0.3) is 0 Å². The largest absolute Gasteiger partial charge is 0.465 e. The van der Waals surface area contributed by atoms with Crippen LogP contribution in [0.5, 0.6) is 0 Å². The zero-order chi connectivity index (χ0) is 18.3. The van der Waals surface area contributed by atoms with Crippen LogP contribution in [-0.4, -0.2) is 24.5 Å². The summed E-state index contributed by atoms with van der Waals surface area (Å²) in [5.41, 5.74) is -0.769. The highest BCUT2D eigenvalue weighted by molar-refractivity contribution is 6.06. The van der Waals surface area contributed by atoms with Gasteiger partial charge in [0.05, 0.1) is 18.9 Å². The van der Waals surface area contributed by atoms with E-state index in [0.29, 0.717) is 18.4 Å². The molecular weight excluding hydrogens is 322 g/mol. The number of amides is 1. The third-order valence-electron chi connectivity index (χ3n) is 4.31. The molecule has 0 bridgehead atoms. The van der Waals surface area contributed by atoms with Crippen LogP contribution in [0.4, 0.5) is 4.79 Å². The number of esters is 1. The fourth-order valence-electron chi connectivity index (χ4n) is 3.21. The Hall–Kier alpha value is -2.63. The Morgan fingerprint density at radius 1 is 1.32 bits per heavy atom. The van der Waals surface area contributed by atoms with E-state index >= 15 is 0 Å². The van der Waals surface area contributed by atoms with Crippen LogP contribution in [0.3, 0.4) is 0 Å². The molecule has 0 radical (unpaired) electrons. The molecular formula is C19H23NO5. The number of allylic oxidation sites excluding steroid dienone is 1. The summed E-state index contributed by atoms with van der Waals surface area (Å²) in [6, 6.07) is 8.10. The molecule has 0 spiro atoms. The van der Waals surface area contributed by atoms with Gasteiger partial charge in [0.1, 0.15) is 0 Å². The highest BCUT2D eigenvalue weighted by atomic mass is 16.5. The Bertz CT molecular complexity index is 655. The standard InChI is InChI=1S/C19H23NO5/c1-3-13-25-18(23)20-16(14-9-6-5-7-10-14)19(17(22)24-4-2)12-8-11-15(19)21/h3,5-7,9-10,13,16H,4,8,11-12H2,1-2H3,(H,20,23)/b13-3+/t16-,19-/m0/s1. The number of benzene rings is 1. The normalized spacial score (nSPS) is 21.1. The van der Waals surface area contributed by atoms with Gasteiger partial charge in [-0.3, -0.25) is 9.59 Å². The molecule has 0 unspecified atom stereocenters. The summed E-state index contributed by atoms with van der Waals surface area (Å²) >= 11 is 0. The van der Waals surface area contributed by atoms with Crippen molar-refractivity contribution < 1.29 is 23.9 Å². The Morgan fingerprint density at radius 3 is 2.60 bits per heavy atom. The maximum Gasteiger partial charge on any atom is 0.412 e. The van der Waals surface area contributed by atoms with E-state index in [0.717, 1.165) is 0 Å². The number of hydrogen-bond donors (Lipinski definition) is 1. The van der Waals surface area contributed by atoms with Crippen LogP contribution in [0.15, 0.2) is 42.7 Å². The van der Waals surface area contributed by atoms with Gasteiger partial charge in [0.15, 0.2) is 11.2 Å². The number of alkyl carbamates (subject to hydrolysis) is 1. The number of Topliss-reactive ketones (excluding diaryl/α,β-unsaturated/α-hetero) is 1. The maximum absolute atomic E-state index is 12.7. The molecule has 6 heteroatoms. The molecule has 0 aromatic heterocycles. The van der Waals surface area contributed by atoms with Crippen molar-refractivity contribution in [1.29, 1.82) is 0 Å². The fourth-order valence-corrected chi connectivity index (χ4v) is 3.21. The van der Waals surface area contributed by atoms with E-state index < -0.39 is 23.5 Å². The lowest BCUT2D eigenvalue weighted by Gasteiger charge is -2.34. The van der Waals surface area contributed by atoms with Gasteiger partial charge >= 0.3 is 12.1 Å². The molecule has 1 aliphatic rings. The monoisotopic (exact) mass is 345 g/mol. The maximum atomic E-state index is 12.7. The number of carbonyl (C=O) groups is 3. The van der Waals surface area contributed by atoms with Crippen LogP contribution in [0.2, 0.25) is 0 Å².